The molecule has 3 aliphatic heterocycles. The zero-order valence-electron chi connectivity index (χ0n) is 29.5. The van der Waals surface area contributed by atoms with Gasteiger partial charge in [-0.1, -0.05) is 43.2 Å². The van der Waals surface area contributed by atoms with Crippen LogP contribution in [-0.4, -0.2) is 74.8 Å². The molecule has 0 radical (unpaired) electrons. The van der Waals surface area contributed by atoms with Crippen molar-refractivity contribution >= 4 is 22.8 Å². The number of carboxylic acid groups (broad SMARTS) is 1. The van der Waals surface area contributed by atoms with Gasteiger partial charge in [0, 0.05) is 43.8 Å². The standard InChI is InChI=1S/C41H49N5O6/c47-35-13-11-31(32-12-14-37(49)45-38(32)35)36(48)24-42-23-30-10-9-28(22-44-30)39(50)43-18-4-6-26-5-3-7-29(21-26)41(40(51)52)17-2-1-8-34(41)33-25-46-19-15-27(33)16-20-46/h3,5,7,9-14,21-22,27,33-34,36,42,47-48H,1-2,4,6,8,15-20,23-25H2,(H,43,50)(H,45,49)(H,51,52)/t33?,34?,36-,41?/m0/s1. The highest BCUT2D eigenvalue weighted by Crippen LogP contribution is 2.52. The van der Waals surface area contributed by atoms with Gasteiger partial charge >= 0.3 is 5.97 Å². The van der Waals surface area contributed by atoms with E-state index in [1.165, 1.54) is 31.2 Å². The predicted octanol–water partition coefficient (Wildman–Crippen LogP) is 4.67. The van der Waals surface area contributed by atoms with Crippen LogP contribution < -0.4 is 16.2 Å². The number of benzene rings is 2. The molecule has 11 nitrogen and oxygen atoms in total. The second-order valence-corrected chi connectivity index (χ2v) is 15.0. The minimum absolute atomic E-state index is 0.0624. The molecular weight excluding hydrogens is 658 g/mol. The normalized spacial score (nSPS) is 24.8. The van der Waals surface area contributed by atoms with Crippen molar-refractivity contribution in [2.24, 2.45) is 17.8 Å². The summed E-state index contributed by atoms with van der Waals surface area (Å²) in [6.07, 6.45) is 8.22. The smallest absolute Gasteiger partial charge is 0.314 e. The molecule has 2 bridgehead atoms. The number of aryl methyl sites for hydroxylation is 1. The van der Waals surface area contributed by atoms with Gasteiger partial charge in [0.25, 0.3) is 5.91 Å². The molecule has 3 saturated heterocycles. The highest BCUT2D eigenvalue weighted by Gasteiger charge is 2.54. The van der Waals surface area contributed by atoms with Crippen LogP contribution in [0.5, 0.6) is 5.75 Å². The number of piperidine rings is 3. The summed E-state index contributed by atoms with van der Waals surface area (Å²) in [5, 5.41) is 38.5. The van der Waals surface area contributed by atoms with E-state index >= 15 is 0 Å². The number of aromatic hydroxyl groups is 1. The predicted molar refractivity (Wildman–Crippen MR) is 198 cm³/mol. The lowest BCUT2D eigenvalue weighted by Gasteiger charge is -2.53. The molecule has 2 aromatic heterocycles. The van der Waals surface area contributed by atoms with Crippen LogP contribution in [0.1, 0.15) is 83.8 Å². The van der Waals surface area contributed by atoms with Gasteiger partial charge in [0.05, 0.1) is 28.3 Å². The summed E-state index contributed by atoms with van der Waals surface area (Å²) in [5.41, 5.74) is 2.88. The van der Waals surface area contributed by atoms with Gasteiger partial charge in [-0.05, 0) is 110 Å². The lowest BCUT2D eigenvalue weighted by molar-refractivity contribution is -0.151. The van der Waals surface area contributed by atoms with Crippen LogP contribution in [0.3, 0.4) is 0 Å². The number of nitrogens with zero attached hydrogens (tertiary/aromatic N) is 2. The number of pyridine rings is 2. The van der Waals surface area contributed by atoms with E-state index in [1.807, 2.05) is 12.1 Å². The molecule has 0 spiro atoms. The Morgan fingerprint density at radius 2 is 1.88 bits per heavy atom. The van der Waals surface area contributed by atoms with Crippen molar-refractivity contribution < 1.29 is 24.9 Å². The number of carbonyl (C=O) groups excluding carboxylic acids is 1. The highest BCUT2D eigenvalue weighted by atomic mass is 16.4. The van der Waals surface area contributed by atoms with Gasteiger partial charge in [0.1, 0.15) is 5.75 Å². The first kappa shape index (κ1) is 35.8. The number of aliphatic carboxylic acids is 1. The first-order chi connectivity index (χ1) is 25.2. The summed E-state index contributed by atoms with van der Waals surface area (Å²) >= 11 is 0. The lowest BCUT2D eigenvalue weighted by Crippen LogP contribution is -2.56. The van der Waals surface area contributed by atoms with Crippen molar-refractivity contribution in [3.8, 4) is 5.75 Å². The zero-order chi connectivity index (χ0) is 36.2. The number of carbonyl (C=O) groups is 2. The molecule has 4 fully saturated rings. The number of aliphatic hydroxyl groups excluding tert-OH is 1. The van der Waals surface area contributed by atoms with E-state index in [0.717, 1.165) is 62.9 Å². The Kier molecular flexibility index (Phi) is 10.7. The number of H-pyrrole nitrogens is 1. The van der Waals surface area contributed by atoms with Crippen molar-refractivity contribution in [1.82, 2.24) is 25.5 Å². The quantitative estimate of drug-likeness (QED) is 0.108. The van der Waals surface area contributed by atoms with Crippen molar-refractivity contribution in [3.63, 3.8) is 0 Å². The molecule has 1 amide bonds. The van der Waals surface area contributed by atoms with Crippen LogP contribution in [0.25, 0.3) is 10.9 Å². The summed E-state index contributed by atoms with van der Waals surface area (Å²) in [7, 11) is 0. The largest absolute Gasteiger partial charge is 0.506 e. The van der Waals surface area contributed by atoms with E-state index in [-0.39, 0.29) is 35.2 Å². The second kappa shape index (κ2) is 15.6. The Morgan fingerprint density at radius 3 is 2.63 bits per heavy atom. The molecule has 274 valence electrons. The summed E-state index contributed by atoms with van der Waals surface area (Å²) in [6.45, 7) is 4.40. The number of aromatic nitrogens is 2. The van der Waals surface area contributed by atoms with Gasteiger partial charge in [0.2, 0.25) is 5.56 Å². The topological polar surface area (TPSA) is 168 Å². The average Bonchev–Trinajstić information content (AvgIpc) is 3.17. The number of rotatable bonds is 13. The molecular formula is C41H49N5O6. The van der Waals surface area contributed by atoms with Gasteiger partial charge in [-0.15, -0.1) is 0 Å². The summed E-state index contributed by atoms with van der Waals surface area (Å²) in [5.74, 6) is 0.291. The first-order valence-corrected chi connectivity index (χ1v) is 18.7. The molecule has 2 aromatic carbocycles. The Hall–Kier alpha value is -4.58. The molecule has 4 aliphatic rings. The monoisotopic (exact) mass is 707 g/mol. The van der Waals surface area contributed by atoms with E-state index in [9.17, 15) is 29.7 Å². The maximum Gasteiger partial charge on any atom is 0.314 e. The van der Waals surface area contributed by atoms with Gasteiger partial charge in [-0.25, -0.2) is 0 Å². The van der Waals surface area contributed by atoms with Crippen LogP contribution in [0.15, 0.2) is 71.7 Å². The maximum absolute atomic E-state index is 13.2. The average molecular weight is 708 g/mol. The summed E-state index contributed by atoms with van der Waals surface area (Å²) in [4.78, 5) is 47.4. The summed E-state index contributed by atoms with van der Waals surface area (Å²) < 4.78 is 0. The molecule has 5 heterocycles. The Labute approximate surface area is 303 Å². The Morgan fingerprint density at radius 1 is 1.04 bits per heavy atom. The van der Waals surface area contributed by atoms with Crippen LogP contribution in [0, 0.1) is 17.8 Å². The summed E-state index contributed by atoms with van der Waals surface area (Å²) in [6, 6.07) is 17.7. The lowest BCUT2D eigenvalue weighted by atomic mass is 9.55. The van der Waals surface area contributed by atoms with Crippen LogP contribution >= 0.6 is 0 Å². The Bertz CT molecular complexity index is 1960. The molecule has 4 aromatic rings. The van der Waals surface area contributed by atoms with E-state index in [1.54, 1.807) is 24.3 Å². The second-order valence-electron chi connectivity index (χ2n) is 15.0. The van der Waals surface area contributed by atoms with E-state index < -0.39 is 17.5 Å². The number of phenolic OH excluding ortho intramolecular Hbond substituents is 1. The van der Waals surface area contributed by atoms with Gasteiger partial charge in [-0.2, -0.15) is 0 Å². The molecule has 8 rings (SSSR count). The minimum atomic E-state index is -0.890. The molecule has 52 heavy (non-hydrogen) atoms. The van der Waals surface area contributed by atoms with Crippen LogP contribution in [0.4, 0.5) is 0 Å². The van der Waals surface area contributed by atoms with E-state index in [0.29, 0.717) is 53.6 Å². The Balaban J connectivity index is 0.901. The van der Waals surface area contributed by atoms with Gasteiger partial charge < -0.3 is 35.8 Å². The maximum atomic E-state index is 13.2. The van der Waals surface area contributed by atoms with Crippen molar-refractivity contribution in [2.75, 3.05) is 32.7 Å². The number of aliphatic hydroxyl groups is 1. The molecule has 1 aliphatic carbocycles. The fourth-order valence-electron chi connectivity index (χ4n) is 9.25. The molecule has 3 unspecified atom stereocenters. The third kappa shape index (κ3) is 7.35. The third-order valence-electron chi connectivity index (χ3n) is 11.9. The molecule has 4 atom stereocenters. The van der Waals surface area contributed by atoms with E-state index in [2.05, 4.69) is 37.6 Å². The first-order valence-electron chi connectivity index (χ1n) is 18.7. The molecule has 1 saturated carbocycles. The highest BCUT2D eigenvalue weighted by molar-refractivity contribution is 5.93. The minimum Gasteiger partial charge on any atom is -0.506 e. The van der Waals surface area contributed by atoms with Crippen LogP contribution in [-0.2, 0) is 23.2 Å². The molecule has 11 heteroatoms. The van der Waals surface area contributed by atoms with Crippen LogP contribution in [0.2, 0.25) is 0 Å². The molecule has 6 N–H and O–H groups in total. The third-order valence-corrected chi connectivity index (χ3v) is 11.9. The van der Waals surface area contributed by atoms with Crippen molar-refractivity contribution in [1.29, 1.82) is 0 Å². The number of phenols is 1. The number of hydrogen-bond donors (Lipinski definition) is 6. The van der Waals surface area contributed by atoms with Crippen molar-refractivity contribution in [2.45, 2.75) is 69.4 Å². The van der Waals surface area contributed by atoms with Gasteiger partial charge in [-0.3, -0.25) is 19.4 Å². The number of hydrogen-bond acceptors (Lipinski definition) is 8. The van der Waals surface area contributed by atoms with Crippen molar-refractivity contribution in [3.05, 3.63) is 105 Å². The fraction of sp³-hybridized carbons (Fsp3) is 0.463. The fourth-order valence-corrected chi connectivity index (χ4v) is 9.25. The number of fused-ring (bicyclic) bond motifs is 4. The number of carboxylic acids is 1. The zero-order valence-corrected chi connectivity index (χ0v) is 29.5. The number of aromatic amines is 1. The number of amides is 1. The van der Waals surface area contributed by atoms with E-state index in [4.69, 9.17) is 0 Å². The number of nitrogens with one attached hydrogen (secondary N) is 3. The van der Waals surface area contributed by atoms with Gasteiger partial charge in [0.15, 0.2) is 0 Å². The SMILES string of the molecule is O=C(NCCCc1cccc(C2(C(=O)O)CCCCC2C2CN3CCC2CC3)c1)c1ccc(CNC[C@H](O)c2ccc(O)c3[nH]c(=O)ccc23)nc1.